The first-order chi connectivity index (χ1) is 12.3. The van der Waals surface area contributed by atoms with Crippen molar-refractivity contribution in [2.45, 2.75) is 53.4 Å². The van der Waals surface area contributed by atoms with Gasteiger partial charge in [0.15, 0.2) is 0 Å². The maximum absolute atomic E-state index is 12.9. The number of nitrogens with zero attached hydrogens (tertiary/aromatic N) is 1. The number of carbonyl (C=O) groups excluding carboxylic acids is 2. The van der Waals surface area contributed by atoms with Gasteiger partial charge in [-0.25, -0.2) is 0 Å². The lowest BCUT2D eigenvalue weighted by molar-refractivity contribution is -0.190. The van der Waals surface area contributed by atoms with Gasteiger partial charge in [-0.2, -0.15) is 5.06 Å². The van der Waals surface area contributed by atoms with Crippen LogP contribution in [0, 0.1) is 26.2 Å². The van der Waals surface area contributed by atoms with Crippen molar-refractivity contribution in [3.05, 3.63) is 34.4 Å². The van der Waals surface area contributed by atoms with E-state index in [2.05, 4.69) is 19.1 Å². The summed E-state index contributed by atoms with van der Waals surface area (Å²) in [5, 5.41) is 1.87. The molecule has 0 N–H and O–H groups in total. The summed E-state index contributed by atoms with van der Waals surface area (Å²) in [7, 11) is 1.40. The molecule has 144 valence electrons. The third-order valence-electron chi connectivity index (χ3n) is 5.36. The van der Waals surface area contributed by atoms with Gasteiger partial charge in [-0.3, -0.25) is 14.4 Å². The van der Waals surface area contributed by atoms with E-state index in [4.69, 9.17) is 9.57 Å². The van der Waals surface area contributed by atoms with E-state index in [9.17, 15) is 9.59 Å². The smallest absolute Gasteiger partial charge is 0.312 e. The highest BCUT2D eigenvalue weighted by Gasteiger charge is 2.44. The van der Waals surface area contributed by atoms with E-state index in [1.165, 1.54) is 12.7 Å². The molecule has 1 aromatic rings. The number of carbonyl (C=O) groups is 2. The summed E-state index contributed by atoms with van der Waals surface area (Å²) < 4.78 is 5.05. The molecule has 1 aliphatic heterocycles. The normalized spacial score (nSPS) is 17.1. The largest absolute Gasteiger partial charge is 0.469 e. The van der Waals surface area contributed by atoms with Crippen molar-refractivity contribution in [3.8, 4) is 0 Å². The molecule has 1 saturated heterocycles. The van der Waals surface area contributed by atoms with Gasteiger partial charge >= 0.3 is 5.97 Å². The van der Waals surface area contributed by atoms with Crippen LogP contribution in [0.25, 0.3) is 0 Å². The third-order valence-corrected chi connectivity index (χ3v) is 5.36. The van der Waals surface area contributed by atoms with Gasteiger partial charge in [0, 0.05) is 25.9 Å². The van der Waals surface area contributed by atoms with Crippen molar-refractivity contribution in [3.63, 3.8) is 0 Å². The van der Waals surface area contributed by atoms with E-state index in [0.717, 1.165) is 16.7 Å². The molecule has 5 nitrogen and oxygen atoms in total. The monoisotopic (exact) mass is 361 g/mol. The topological polar surface area (TPSA) is 55.8 Å². The van der Waals surface area contributed by atoms with Crippen molar-refractivity contribution >= 4 is 11.8 Å². The van der Waals surface area contributed by atoms with Crippen LogP contribution in [0.2, 0.25) is 0 Å². The number of piperidine rings is 1. The minimum atomic E-state index is -0.730. The standard InChI is InChI=1S/C21H31NO4/c1-6-26-22-9-7-21(8-10-22,20(24)25-5)14-18(23)13-19-16(3)11-15(2)12-17(19)4/h11-12H,6-10,13-14H2,1-5H3. The van der Waals surface area contributed by atoms with E-state index < -0.39 is 5.41 Å². The summed E-state index contributed by atoms with van der Waals surface area (Å²) in [6, 6.07) is 4.21. The van der Waals surface area contributed by atoms with Crippen molar-refractivity contribution in [1.82, 2.24) is 5.06 Å². The summed E-state index contributed by atoms with van der Waals surface area (Å²) in [5.74, 6) is -0.185. The molecule has 0 amide bonds. The molecular weight excluding hydrogens is 330 g/mol. The maximum Gasteiger partial charge on any atom is 0.312 e. The number of ether oxygens (including phenoxy) is 1. The molecule has 0 aliphatic carbocycles. The number of esters is 1. The van der Waals surface area contributed by atoms with Crippen LogP contribution in [-0.4, -0.2) is 43.6 Å². The van der Waals surface area contributed by atoms with Crippen molar-refractivity contribution in [2.24, 2.45) is 5.41 Å². The second-order valence-electron chi connectivity index (χ2n) is 7.39. The van der Waals surface area contributed by atoms with Crippen LogP contribution in [0.5, 0.6) is 0 Å². The average Bonchev–Trinajstić information content (AvgIpc) is 2.59. The Morgan fingerprint density at radius 3 is 2.19 bits per heavy atom. The highest BCUT2D eigenvalue weighted by molar-refractivity contribution is 5.88. The first-order valence-corrected chi connectivity index (χ1v) is 9.36. The Morgan fingerprint density at radius 1 is 1.12 bits per heavy atom. The molecule has 1 aliphatic rings. The zero-order valence-electron chi connectivity index (χ0n) is 16.7. The minimum absolute atomic E-state index is 0.0929. The number of hydrogen-bond donors (Lipinski definition) is 0. The second kappa shape index (κ2) is 8.78. The minimum Gasteiger partial charge on any atom is -0.469 e. The van der Waals surface area contributed by atoms with Crippen LogP contribution in [0.4, 0.5) is 0 Å². The van der Waals surface area contributed by atoms with Crippen LogP contribution in [0.3, 0.4) is 0 Å². The molecule has 0 aromatic heterocycles. The Hall–Kier alpha value is -1.72. The fraction of sp³-hybridized carbons (Fsp3) is 0.619. The Labute approximate surface area is 156 Å². The fourth-order valence-electron chi connectivity index (χ4n) is 4.02. The van der Waals surface area contributed by atoms with Crippen molar-refractivity contribution < 1.29 is 19.2 Å². The van der Waals surface area contributed by atoms with Gasteiger partial charge < -0.3 is 4.74 Å². The lowest BCUT2D eigenvalue weighted by Gasteiger charge is -2.38. The fourth-order valence-corrected chi connectivity index (χ4v) is 4.02. The molecular formula is C21H31NO4. The zero-order chi connectivity index (χ0) is 19.3. The van der Waals surface area contributed by atoms with Gasteiger partial charge in [-0.1, -0.05) is 17.7 Å². The van der Waals surface area contributed by atoms with Gasteiger partial charge in [0.05, 0.1) is 19.1 Å². The van der Waals surface area contributed by atoms with Gasteiger partial charge in [0.1, 0.15) is 5.78 Å². The lowest BCUT2D eigenvalue weighted by atomic mass is 9.74. The van der Waals surface area contributed by atoms with E-state index in [1.807, 2.05) is 25.8 Å². The summed E-state index contributed by atoms with van der Waals surface area (Å²) in [5.41, 5.74) is 3.81. The van der Waals surface area contributed by atoms with Crippen LogP contribution in [0.15, 0.2) is 12.1 Å². The Bertz CT molecular complexity index is 637. The van der Waals surface area contributed by atoms with Gasteiger partial charge in [0.25, 0.3) is 0 Å². The Morgan fingerprint density at radius 2 is 1.69 bits per heavy atom. The number of Topliss-reactive ketones (excluding diaryl/α,β-unsaturated/α-hetero) is 1. The molecule has 1 aromatic carbocycles. The molecule has 26 heavy (non-hydrogen) atoms. The van der Waals surface area contributed by atoms with Crippen LogP contribution in [0.1, 0.15) is 48.4 Å². The van der Waals surface area contributed by atoms with Gasteiger partial charge in [0.2, 0.25) is 0 Å². The molecule has 0 radical (unpaired) electrons. The molecule has 1 heterocycles. The zero-order valence-corrected chi connectivity index (χ0v) is 16.7. The first kappa shape index (κ1) is 20.6. The predicted octanol–water partition coefficient (Wildman–Crippen LogP) is 3.32. The van der Waals surface area contributed by atoms with E-state index in [1.54, 1.807) is 0 Å². The molecule has 2 rings (SSSR count). The van der Waals surface area contributed by atoms with Crippen LogP contribution >= 0.6 is 0 Å². The molecule has 0 atom stereocenters. The number of benzene rings is 1. The Balaban J connectivity index is 2.12. The van der Waals surface area contributed by atoms with Gasteiger partial charge in [-0.05, 0) is 57.2 Å². The summed E-state index contributed by atoms with van der Waals surface area (Å²) >= 11 is 0. The van der Waals surface area contributed by atoms with Crippen LogP contribution < -0.4 is 0 Å². The summed E-state index contributed by atoms with van der Waals surface area (Å²) in [6.45, 7) is 9.97. The van der Waals surface area contributed by atoms with E-state index >= 15 is 0 Å². The SMILES string of the molecule is CCON1CCC(CC(=O)Cc2c(C)cc(C)cc2C)(C(=O)OC)CC1. The van der Waals surface area contributed by atoms with Gasteiger partial charge in [-0.15, -0.1) is 0 Å². The Kier molecular flexibility index (Phi) is 6.95. The van der Waals surface area contributed by atoms with E-state index in [0.29, 0.717) is 39.0 Å². The number of rotatable bonds is 7. The number of methoxy groups -OCH3 is 1. The maximum atomic E-state index is 12.9. The van der Waals surface area contributed by atoms with E-state index in [-0.39, 0.29) is 18.2 Å². The first-order valence-electron chi connectivity index (χ1n) is 9.36. The van der Waals surface area contributed by atoms with Crippen molar-refractivity contribution in [2.75, 3.05) is 26.8 Å². The summed E-state index contributed by atoms with van der Waals surface area (Å²) in [4.78, 5) is 30.9. The number of aryl methyl sites for hydroxylation is 3. The molecule has 0 unspecified atom stereocenters. The van der Waals surface area contributed by atoms with Crippen LogP contribution in [-0.2, 0) is 25.6 Å². The molecule has 0 bridgehead atoms. The highest BCUT2D eigenvalue weighted by Crippen LogP contribution is 2.37. The van der Waals surface area contributed by atoms with Crippen molar-refractivity contribution in [1.29, 1.82) is 0 Å². The molecule has 0 spiro atoms. The average molecular weight is 361 g/mol. The summed E-state index contributed by atoms with van der Waals surface area (Å²) in [6.07, 6.45) is 1.76. The highest BCUT2D eigenvalue weighted by atomic mass is 16.7. The quantitative estimate of drug-likeness (QED) is 0.697. The molecule has 0 saturated carbocycles. The number of hydroxylamine groups is 2. The third kappa shape index (κ3) is 4.71. The predicted molar refractivity (Wildman–Crippen MR) is 101 cm³/mol. The lowest BCUT2D eigenvalue weighted by Crippen LogP contribution is -2.46. The number of ketones is 1. The molecule has 1 fully saturated rings. The molecule has 5 heteroatoms. The number of hydrogen-bond acceptors (Lipinski definition) is 5. The second-order valence-corrected chi connectivity index (χ2v) is 7.39.